The molecule has 0 aliphatic carbocycles. The van der Waals surface area contributed by atoms with Gasteiger partial charge in [-0.2, -0.15) is 0 Å². The van der Waals surface area contributed by atoms with Crippen molar-refractivity contribution < 1.29 is 18.7 Å². The zero-order valence-electron chi connectivity index (χ0n) is 15.4. The van der Waals surface area contributed by atoms with Gasteiger partial charge in [0.05, 0.1) is 19.2 Å². The van der Waals surface area contributed by atoms with E-state index in [1.165, 1.54) is 12.1 Å². The number of pyridine rings is 1. The number of halogens is 1. The molecule has 26 heavy (non-hydrogen) atoms. The quantitative estimate of drug-likeness (QED) is 0.810. The zero-order chi connectivity index (χ0) is 18.7. The van der Waals surface area contributed by atoms with Crippen molar-refractivity contribution in [2.45, 2.75) is 19.3 Å². The van der Waals surface area contributed by atoms with Gasteiger partial charge in [0, 0.05) is 51.3 Å². The SMILES string of the molecule is COC[C@@H]1CN(C)C(=O)[C@H]2CCN(C(=O)Cc3ccc(F)cn3)CC[C@@H]12. The van der Waals surface area contributed by atoms with E-state index in [-0.39, 0.29) is 30.1 Å². The largest absolute Gasteiger partial charge is 0.384 e. The molecule has 7 heteroatoms. The summed E-state index contributed by atoms with van der Waals surface area (Å²) in [4.78, 5) is 32.8. The van der Waals surface area contributed by atoms with Crippen molar-refractivity contribution in [3.05, 3.63) is 29.8 Å². The van der Waals surface area contributed by atoms with Gasteiger partial charge in [0.1, 0.15) is 5.82 Å². The molecule has 3 atom stereocenters. The Bertz CT molecular complexity index is 652. The number of likely N-dealkylation sites (tertiary alicyclic amines) is 2. The van der Waals surface area contributed by atoms with Crippen LogP contribution in [0.2, 0.25) is 0 Å². The van der Waals surface area contributed by atoms with Crippen LogP contribution in [0.3, 0.4) is 0 Å². The maximum atomic E-state index is 13.0. The van der Waals surface area contributed by atoms with Crippen molar-refractivity contribution >= 4 is 11.8 Å². The van der Waals surface area contributed by atoms with Crippen molar-refractivity contribution in [2.24, 2.45) is 17.8 Å². The van der Waals surface area contributed by atoms with E-state index in [4.69, 9.17) is 4.74 Å². The molecule has 0 bridgehead atoms. The van der Waals surface area contributed by atoms with Crippen LogP contribution in [0, 0.1) is 23.6 Å². The monoisotopic (exact) mass is 363 g/mol. The van der Waals surface area contributed by atoms with Crippen LogP contribution in [-0.4, -0.2) is 67.0 Å². The van der Waals surface area contributed by atoms with E-state index >= 15 is 0 Å². The summed E-state index contributed by atoms with van der Waals surface area (Å²) < 4.78 is 18.3. The Balaban J connectivity index is 1.67. The topological polar surface area (TPSA) is 62.7 Å². The summed E-state index contributed by atoms with van der Waals surface area (Å²) in [6.07, 6.45) is 2.77. The highest BCUT2D eigenvalue weighted by molar-refractivity contribution is 5.81. The minimum absolute atomic E-state index is 0.0214. The van der Waals surface area contributed by atoms with Crippen LogP contribution in [-0.2, 0) is 20.7 Å². The number of methoxy groups -OCH3 is 1. The van der Waals surface area contributed by atoms with Gasteiger partial charge in [0.25, 0.3) is 0 Å². The minimum Gasteiger partial charge on any atom is -0.384 e. The Morgan fingerprint density at radius 3 is 2.81 bits per heavy atom. The molecule has 2 saturated heterocycles. The molecule has 2 aliphatic rings. The lowest BCUT2D eigenvalue weighted by molar-refractivity contribution is -0.144. The molecule has 6 nitrogen and oxygen atoms in total. The molecule has 0 aromatic carbocycles. The lowest BCUT2D eigenvalue weighted by Gasteiger charge is -2.40. The first kappa shape index (κ1) is 18.8. The van der Waals surface area contributed by atoms with E-state index in [9.17, 15) is 14.0 Å². The Hall–Kier alpha value is -2.02. The number of nitrogens with zero attached hydrogens (tertiary/aromatic N) is 3. The van der Waals surface area contributed by atoms with Crippen LogP contribution >= 0.6 is 0 Å². The third-order valence-corrected chi connectivity index (χ3v) is 5.62. The fourth-order valence-corrected chi connectivity index (χ4v) is 4.28. The third kappa shape index (κ3) is 4.03. The second-order valence-electron chi connectivity index (χ2n) is 7.31. The van der Waals surface area contributed by atoms with Gasteiger partial charge in [-0.15, -0.1) is 0 Å². The van der Waals surface area contributed by atoms with Gasteiger partial charge in [-0.1, -0.05) is 0 Å². The van der Waals surface area contributed by atoms with Crippen molar-refractivity contribution in [3.8, 4) is 0 Å². The number of piperidine rings is 1. The maximum Gasteiger partial charge on any atom is 0.228 e. The summed E-state index contributed by atoms with van der Waals surface area (Å²) >= 11 is 0. The molecule has 2 fully saturated rings. The maximum absolute atomic E-state index is 13.0. The van der Waals surface area contributed by atoms with Gasteiger partial charge in [0.15, 0.2) is 0 Å². The number of carbonyl (C=O) groups excluding carboxylic acids is 2. The Kier molecular flexibility index (Phi) is 5.86. The van der Waals surface area contributed by atoms with Gasteiger partial charge in [-0.05, 0) is 30.9 Å². The average Bonchev–Trinajstić information content (AvgIpc) is 2.85. The molecule has 0 N–H and O–H groups in total. The fraction of sp³-hybridized carbons (Fsp3) is 0.632. The highest BCUT2D eigenvalue weighted by Crippen LogP contribution is 2.36. The number of aromatic nitrogens is 1. The van der Waals surface area contributed by atoms with Crippen molar-refractivity contribution in [3.63, 3.8) is 0 Å². The van der Waals surface area contributed by atoms with Crippen LogP contribution in [0.25, 0.3) is 0 Å². The fourth-order valence-electron chi connectivity index (χ4n) is 4.28. The second kappa shape index (κ2) is 8.12. The molecule has 2 amide bonds. The molecule has 1 aromatic heterocycles. The standard InChI is InChI=1S/C19H26FN3O3/c1-22-11-13(12-26-2)16-5-7-23(8-6-17(16)19(22)25)18(24)9-15-4-3-14(20)10-21-15/h3-4,10,13,16-17H,5-9,11-12H2,1-2H3/t13-,16-,17-/m0/s1. The first-order chi connectivity index (χ1) is 12.5. The first-order valence-corrected chi connectivity index (χ1v) is 9.11. The van der Waals surface area contributed by atoms with Crippen LogP contribution in [0.5, 0.6) is 0 Å². The van der Waals surface area contributed by atoms with Gasteiger partial charge >= 0.3 is 0 Å². The number of fused-ring (bicyclic) bond motifs is 1. The van der Waals surface area contributed by atoms with E-state index in [0.29, 0.717) is 44.3 Å². The lowest BCUT2D eigenvalue weighted by atomic mass is 9.75. The van der Waals surface area contributed by atoms with Crippen LogP contribution < -0.4 is 0 Å². The molecule has 0 unspecified atom stereocenters. The predicted molar refractivity (Wildman–Crippen MR) is 93.7 cm³/mol. The summed E-state index contributed by atoms with van der Waals surface area (Å²) in [5.74, 6) is 0.258. The summed E-state index contributed by atoms with van der Waals surface area (Å²) in [5, 5.41) is 0. The molecule has 3 heterocycles. The number of carbonyl (C=O) groups is 2. The number of amides is 2. The molecule has 3 rings (SSSR count). The second-order valence-corrected chi connectivity index (χ2v) is 7.31. The first-order valence-electron chi connectivity index (χ1n) is 9.11. The van der Waals surface area contributed by atoms with Crippen LogP contribution in [0.4, 0.5) is 4.39 Å². The number of ether oxygens (including phenoxy) is 1. The van der Waals surface area contributed by atoms with E-state index in [2.05, 4.69) is 4.98 Å². The number of hydrogen-bond donors (Lipinski definition) is 0. The summed E-state index contributed by atoms with van der Waals surface area (Å²) in [7, 11) is 3.53. The lowest BCUT2D eigenvalue weighted by Crippen LogP contribution is -2.49. The number of rotatable bonds is 4. The summed E-state index contributed by atoms with van der Waals surface area (Å²) in [6.45, 7) is 2.55. The highest BCUT2D eigenvalue weighted by Gasteiger charge is 2.42. The summed E-state index contributed by atoms with van der Waals surface area (Å²) in [6, 6.07) is 2.86. The van der Waals surface area contributed by atoms with Crippen LogP contribution in [0.1, 0.15) is 18.5 Å². The number of hydrogen-bond acceptors (Lipinski definition) is 4. The third-order valence-electron chi connectivity index (χ3n) is 5.62. The van der Waals surface area contributed by atoms with Gasteiger partial charge in [0.2, 0.25) is 11.8 Å². The van der Waals surface area contributed by atoms with E-state index in [0.717, 1.165) is 12.6 Å². The molecule has 0 radical (unpaired) electrons. The highest BCUT2D eigenvalue weighted by atomic mass is 19.1. The van der Waals surface area contributed by atoms with E-state index < -0.39 is 5.82 Å². The molecule has 142 valence electrons. The van der Waals surface area contributed by atoms with Crippen LogP contribution in [0.15, 0.2) is 18.3 Å². The minimum atomic E-state index is -0.410. The summed E-state index contributed by atoms with van der Waals surface area (Å²) in [5.41, 5.74) is 0.561. The van der Waals surface area contributed by atoms with Crippen molar-refractivity contribution in [1.82, 2.24) is 14.8 Å². The molecule has 0 spiro atoms. The van der Waals surface area contributed by atoms with E-state index in [1.54, 1.807) is 12.0 Å². The zero-order valence-corrected chi connectivity index (χ0v) is 15.4. The molecular weight excluding hydrogens is 337 g/mol. The van der Waals surface area contributed by atoms with Crippen molar-refractivity contribution in [2.75, 3.05) is 40.4 Å². The Morgan fingerprint density at radius 1 is 1.35 bits per heavy atom. The molecular formula is C19H26FN3O3. The Labute approximate surface area is 153 Å². The Morgan fingerprint density at radius 2 is 2.12 bits per heavy atom. The smallest absolute Gasteiger partial charge is 0.228 e. The molecule has 2 aliphatic heterocycles. The normalized spacial score (nSPS) is 26.4. The van der Waals surface area contributed by atoms with Crippen molar-refractivity contribution in [1.29, 1.82) is 0 Å². The molecule has 0 saturated carbocycles. The average molecular weight is 363 g/mol. The molecule has 1 aromatic rings. The predicted octanol–water partition coefficient (Wildman–Crippen LogP) is 1.35. The van der Waals surface area contributed by atoms with Gasteiger partial charge in [-0.25, -0.2) is 4.39 Å². The van der Waals surface area contributed by atoms with Gasteiger partial charge < -0.3 is 14.5 Å². The van der Waals surface area contributed by atoms with E-state index in [1.807, 2.05) is 11.9 Å². The van der Waals surface area contributed by atoms with Gasteiger partial charge in [-0.3, -0.25) is 14.6 Å².